The number of hydrogen-bond donors (Lipinski definition) is 2. The summed E-state index contributed by atoms with van der Waals surface area (Å²) in [5, 5.41) is 2.83. The van der Waals surface area contributed by atoms with Gasteiger partial charge in [-0.3, -0.25) is 9.10 Å². The van der Waals surface area contributed by atoms with Gasteiger partial charge in [0.1, 0.15) is 25.3 Å². The molecule has 0 aromatic heterocycles. The first-order valence-electron chi connectivity index (χ1n) is 9.68. The minimum atomic E-state index is -3.73. The predicted molar refractivity (Wildman–Crippen MR) is 113 cm³/mol. The summed E-state index contributed by atoms with van der Waals surface area (Å²) in [6, 6.07) is 15.2. The molecule has 2 atom stereocenters. The number of para-hydroxylation sites is 1. The van der Waals surface area contributed by atoms with Crippen LogP contribution in [0.25, 0.3) is 0 Å². The number of anilines is 2. The summed E-state index contributed by atoms with van der Waals surface area (Å²) in [6.07, 6.45) is 0.229. The smallest absolute Gasteiger partial charge is 0.279 e. The summed E-state index contributed by atoms with van der Waals surface area (Å²) in [5.41, 5.74) is 1.03. The van der Waals surface area contributed by atoms with E-state index in [0.717, 1.165) is 18.0 Å². The highest BCUT2D eigenvalue weighted by atomic mass is 32.2. The zero-order chi connectivity index (χ0) is 21.0. The third kappa shape index (κ3) is 5.35. The van der Waals surface area contributed by atoms with Gasteiger partial charge >= 0.3 is 0 Å². The Hall–Kier alpha value is -2.42. The molecule has 0 saturated carbocycles. The Morgan fingerprint density at radius 1 is 1.10 bits per heavy atom. The van der Waals surface area contributed by atoms with Crippen LogP contribution in [0.3, 0.4) is 0 Å². The number of carbonyl (C=O) groups excluding carboxylic acids is 1. The normalized spacial score (nSPS) is 22.1. The van der Waals surface area contributed by atoms with Crippen molar-refractivity contribution in [3.63, 3.8) is 0 Å². The van der Waals surface area contributed by atoms with Gasteiger partial charge in [-0.25, -0.2) is 8.42 Å². The molecule has 7 nitrogen and oxygen atoms in total. The summed E-state index contributed by atoms with van der Waals surface area (Å²) in [6.45, 7) is 5.87. The van der Waals surface area contributed by atoms with Crippen LogP contribution in [0.2, 0.25) is 0 Å². The molecule has 3 rings (SSSR count). The van der Waals surface area contributed by atoms with Crippen LogP contribution in [0.15, 0.2) is 59.5 Å². The number of morpholine rings is 1. The molecule has 0 aliphatic carbocycles. The second-order valence-corrected chi connectivity index (χ2v) is 9.45. The maximum Gasteiger partial charge on any atom is 0.279 e. The number of benzene rings is 2. The number of sulfonamides is 1. The van der Waals surface area contributed by atoms with Gasteiger partial charge in [-0.2, -0.15) is 0 Å². The monoisotopic (exact) mass is 418 g/mol. The standard InChI is InChI=1S/C21H27N3O4S/c1-16-13-24(14-17(2)28-16)15-21(25)22-18-8-7-11-20(12-18)29(26,27)23(3)19-9-5-4-6-10-19/h4-12,16-17H,13-15H2,1-3H3,(H,22,25)/p+1/t16-,17-/m1/s1. The molecule has 8 heteroatoms. The van der Waals surface area contributed by atoms with Crippen molar-refractivity contribution in [2.45, 2.75) is 31.0 Å². The summed E-state index contributed by atoms with van der Waals surface area (Å²) >= 11 is 0. The number of nitrogens with one attached hydrogen (secondary N) is 2. The van der Waals surface area contributed by atoms with E-state index < -0.39 is 10.0 Å². The molecule has 1 fully saturated rings. The fourth-order valence-corrected chi connectivity index (χ4v) is 4.88. The first kappa shape index (κ1) is 21.3. The maximum absolute atomic E-state index is 13.0. The van der Waals surface area contributed by atoms with E-state index in [4.69, 9.17) is 4.74 Å². The van der Waals surface area contributed by atoms with Crippen LogP contribution in [-0.4, -0.2) is 53.2 Å². The number of rotatable bonds is 6. The molecule has 2 N–H and O–H groups in total. The van der Waals surface area contributed by atoms with Gasteiger partial charge in [0.2, 0.25) is 0 Å². The van der Waals surface area contributed by atoms with Gasteiger partial charge in [0.15, 0.2) is 6.54 Å². The molecule has 1 aliphatic rings. The second kappa shape index (κ2) is 8.94. The van der Waals surface area contributed by atoms with Crippen molar-refractivity contribution in [1.82, 2.24) is 0 Å². The molecule has 0 radical (unpaired) electrons. The van der Waals surface area contributed by atoms with Gasteiger partial charge in [0.25, 0.3) is 15.9 Å². The molecular weight excluding hydrogens is 390 g/mol. The van der Waals surface area contributed by atoms with Gasteiger partial charge < -0.3 is 15.0 Å². The topological polar surface area (TPSA) is 80.2 Å². The highest BCUT2D eigenvalue weighted by Gasteiger charge is 2.27. The van der Waals surface area contributed by atoms with Crippen LogP contribution < -0.4 is 14.5 Å². The molecular formula is C21H28N3O4S+. The lowest BCUT2D eigenvalue weighted by atomic mass is 10.2. The lowest BCUT2D eigenvalue weighted by Gasteiger charge is -2.31. The lowest BCUT2D eigenvalue weighted by Crippen LogP contribution is -3.16. The van der Waals surface area contributed by atoms with E-state index in [0.29, 0.717) is 17.9 Å². The largest absolute Gasteiger partial charge is 0.364 e. The Kier molecular flexibility index (Phi) is 6.56. The van der Waals surface area contributed by atoms with E-state index in [1.165, 1.54) is 23.5 Å². The van der Waals surface area contributed by atoms with Gasteiger partial charge in [0, 0.05) is 12.7 Å². The molecule has 0 unspecified atom stereocenters. The van der Waals surface area contributed by atoms with Crippen LogP contribution in [0.5, 0.6) is 0 Å². The summed E-state index contributed by atoms with van der Waals surface area (Å²) < 4.78 is 32.8. The van der Waals surface area contributed by atoms with E-state index in [1.54, 1.807) is 36.4 Å². The third-order valence-corrected chi connectivity index (χ3v) is 6.70. The Morgan fingerprint density at radius 2 is 1.76 bits per heavy atom. The van der Waals surface area contributed by atoms with E-state index in [2.05, 4.69) is 5.32 Å². The van der Waals surface area contributed by atoms with E-state index >= 15 is 0 Å². The quantitative estimate of drug-likeness (QED) is 0.737. The zero-order valence-corrected chi connectivity index (χ0v) is 17.8. The summed E-state index contributed by atoms with van der Waals surface area (Å²) in [7, 11) is -2.22. The van der Waals surface area contributed by atoms with Gasteiger partial charge in [-0.05, 0) is 44.2 Å². The van der Waals surface area contributed by atoms with Gasteiger partial charge in [0.05, 0.1) is 10.6 Å². The molecule has 29 heavy (non-hydrogen) atoms. The van der Waals surface area contributed by atoms with Crippen molar-refractivity contribution >= 4 is 27.3 Å². The Balaban J connectivity index is 1.70. The second-order valence-electron chi connectivity index (χ2n) is 7.48. The lowest BCUT2D eigenvalue weighted by molar-refractivity contribution is -0.907. The minimum Gasteiger partial charge on any atom is -0.364 e. The molecule has 156 valence electrons. The van der Waals surface area contributed by atoms with Crippen molar-refractivity contribution < 1.29 is 22.8 Å². The van der Waals surface area contributed by atoms with E-state index in [9.17, 15) is 13.2 Å². The number of quaternary nitrogens is 1. The Labute approximate surface area is 172 Å². The van der Waals surface area contributed by atoms with Crippen molar-refractivity contribution in [2.75, 3.05) is 36.3 Å². The highest BCUT2D eigenvalue weighted by Crippen LogP contribution is 2.23. The first-order chi connectivity index (χ1) is 13.8. The fourth-order valence-electron chi connectivity index (χ4n) is 3.63. The SMILES string of the molecule is C[C@@H]1C[NH+](CC(=O)Nc2cccc(S(=O)(=O)N(C)c3ccccc3)c2)C[C@@H](C)O1. The summed E-state index contributed by atoms with van der Waals surface area (Å²) in [5.74, 6) is -0.146. The zero-order valence-electron chi connectivity index (χ0n) is 17.0. The summed E-state index contributed by atoms with van der Waals surface area (Å²) in [4.78, 5) is 13.8. The minimum absolute atomic E-state index is 0.114. The number of amides is 1. The van der Waals surface area contributed by atoms with Crippen LogP contribution in [0.4, 0.5) is 11.4 Å². The van der Waals surface area contributed by atoms with Crippen LogP contribution in [0, 0.1) is 0 Å². The fraction of sp³-hybridized carbons (Fsp3) is 0.381. The number of carbonyl (C=O) groups is 1. The highest BCUT2D eigenvalue weighted by molar-refractivity contribution is 7.92. The average Bonchev–Trinajstić information content (AvgIpc) is 2.67. The Bertz CT molecular complexity index is 939. The molecule has 0 bridgehead atoms. The van der Waals surface area contributed by atoms with Crippen LogP contribution in [0.1, 0.15) is 13.8 Å². The molecule has 1 saturated heterocycles. The van der Waals surface area contributed by atoms with E-state index in [1.807, 2.05) is 19.9 Å². The van der Waals surface area contributed by atoms with Crippen molar-refractivity contribution in [1.29, 1.82) is 0 Å². The van der Waals surface area contributed by atoms with Crippen molar-refractivity contribution in [3.8, 4) is 0 Å². The van der Waals surface area contributed by atoms with Gasteiger partial charge in [-0.1, -0.05) is 24.3 Å². The Morgan fingerprint density at radius 3 is 2.41 bits per heavy atom. The number of ether oxygens (including phenoxy) is 1. The van der Waals surface area contributed by atoms with Gasteiger partial charge in [-0.15, -0.1) is 0 Å². The van der Waals surface area contributed by atoms with Crippen molar-refractivity contribution in [3.05, 3.63) is 54.6 Å². The third-order valence-electron chi connectivity index (χ3n) is 4.92. The van der Waals surface area contributed by atoms with Crippen LogP contribution in [-0.2, 0) is 19.6 Å². The molecule has 1 aliphatic heterocycles. The molecule has 0 spiro atoms. The first-order valence-corrected chi connectivity index (χ1v) is 11.1. The predicted octanol–water partition coefficient (Wildman–Crippen LogP) is 1.14. The molecule has 1 heterocycles. The number of hydrogen-bond acceptors (Lipinski definition) is 4. The maximum atomic E-state index is 13.0. The van der Waals surface area contributed by atoms with Crippen LogP contribution >= 0.6 is 0 Å². The van der Waals surface area contributed by atoms with Crippen molar-refractivity contribution in [2.24, 2.45) is 0 Å². The molecule has 2 aromatic carbocycles. The molecule has 1 amide bonds. The molecule has 2 aromatic rings. The average molecular weight is 419 g/mol. The van der Waals surface area contributed by atoms with E-state index in [-0.39, 0.29) is 23.0 Å². The number of nitrogens with zero attached hydrogens (tertiary/aromatic N) is 1.